The average molecular weight is 272 g/mol. The molecule has 0 radical (unpaired) electrons. The maximum Gasteiger partial charge on any atom is 0.320 e. The number of rotatable bonds is 5. The second-order valence-electron chi connectivity index (χ2n) is 5.26. The highest BCUT2D eigenvalue weighted by molar-refractivity contribution is 5.85. The molecule has 4 nitrogen and oxygen atoms in total. The Balaban J connectivity index is 2.44. The van der Waals surface area contributed by atoms with Gasteiger partial charge in [0.05, 0.1) is 0 Å². The van der Waals surface area contributed by atoms with E-state index in [1.165, 1.54) is 5.57 Å². The Hall–Kier alpha value is -2.07. The number of H-pyrrole nitrogens is 1. The van der Waals surface area contributed by atoms with E-state index in [1.807, 2.05) is 38.1 Å². The molecule has 20 heavy (non-hydrogen) atoms. The maximum atomic E-state index is 11.0. The third kappa shape index (κ3) is 3.08. The van der Waals surface area contributed by atoms with Gasteiger partial charge in [-0.05, 0) is 25.5 Å². The van der Waals surface area contributed by atoms with Crippen molar-refractivity contribution in [3.63, 3.8) is 0 Å². The van der Waals surface area contributed by atoms with E-state index in [1.54, 1.807) is 0 Å². The van der Waals surface area contributed by atoms with Crippen molar-refractivity contribution in [1.82, 2.24) is 4.98 Å². The van der Waals surface area contributed by atoms with Gasteiger partial charge in [0.2, 0.25) is 0 Å². The van der Waals surface area contributed by atoms with Gasteiger partial charge in [-0.25, -0.2) is 0 Å². The van der Waals surface area contributed by atoms with Crippen LogP contribution >= 0.6 is 0 Å². The first-order chi connectivity index (χ1) is 9.49. The summed E-state index contributed by atoms with van der Waals surface area (Å²) in [5.41, 5.74) is 10.0. The summed E-state index contributed by atoms with van der Waals surface area (Å²) < 4.78 is 0. The minimum Gasteiger partial charge on any atom is -0.480 e. The number of carboxylic acid groups (broad SMARTS) is 1. The molecule has 0 aliphatic carbocycles. The Morgan fingerprint density at radius 1 is 1.40 bits per heavy atom. The van der Waals surface area contributed by atoms with E-state index in [2.05, 4.69) is 11.1 Å². The number of carbonyl (C=O) groups is 1. The molecule has 1 aromatic heterocycles. The van der Waals surface area contributed by atoms with Crippen molar-refractivity contribution in [2.75, 3.05) is 0 Å². The molecule has 1 aromatic carbocycles. The van der Waals surface area contributed by atoms with Crippen LogP contribution in [0, 0.1) is 0 Å². The second kappa shape index (κ2) is 5.92. The number of aromatic nitrogens is 1. The maximum absolute atomic E-state index is 11.0. The van der Waals surface area contributed by atoms with E-state index >= 15 is 0 Å². The number of allylic oxidation sites excluding steroid dienone is 2. The zero-order valence-corrected chi connectivity index (χ0v) is 11.8. The lowest BCUT2D eigenvalue weighted by atomic mass is 10.0. The van der Waals surface area contributed by atoms with Crippen LogP contribution in [0.4, 0.5) is 0 Å². The molecule has 4 N–H and O–H groups in total. The van der Waals surface area contributed by atoms with Crippen LogP contribution in [0.5, 0.6) is 0 Å². The van der Waals surface area contributed by atoms with Crippen LogP contribution in [0.1, 0.15) is 25.1 Å². The zero-order chi connectivity index (χ0) is 14.7. The van der Waals surface area contributed by atoms with E-state index in [9.17, 15) is 4.79 Å². The summed E-state index contributed by atoms with van der Waals surface area (Å²) in [7, 11) is 0. The largest absolute Gasteiger partial charge is 0.480 e. The molecule has 1 atom stereocenters. The Kier molecular flexibility index (Phi) is 4.25. The molecule has 0 amide bonds. The number of para-hydroxylation sites is 1. The number of benzene rings is 1. The molecule has 0 saturated heterocycles. The summed E-state index contributed by atoms with van der Waals surface area (Å²) in [6.07, 6.45) is 3.23. The number of nitrogens with one attached hydrogen (secondary N) is 1. The third-order valence-corrected chi connectivity index (χ3v) is 3.36. The zero-order valence-electron chi connectivity index (χ0n) is 11.8. The lowest BCUT2D eigenvalue weighted by molar-refractivity contribution is -0.138. The molecular weight excluding hydrogens is 252 g/mol. The Morgan fingerprint density at radius 2 is 2.10 bits per heavy atom. The minimum absolute atomic E-state index is 0.339. The highest BCUT2D eigenvalue weighted by Gasteiger charge is 2.18. The normalized spacial score (nSPS) is 12.3. The molecule has 106 valence electrons. The van der Waals surface area contributed by atoms with E-state index in [0.29, 0.717) is 6.42 Å². The number of nitrogens with two attached hydrogens (primary N) is 1. The molecule has 1 heterocycles. The van der Waals surface area contributed by atoms with Crippen molar-refractivity contribution in [2.45, 2.75) is 32.7 Å². The van der Waals surface area contributed by atoms with Crippen molar-refractivity contribution < 1.29 is 9.90 Å². The van der Waals surface area contributed by atoms with Gasteiger partial charge in [-0.15, -0.1) is 0 Å². The number of carboxylic acids is 1. The molecular formula is C16H20N2O2. The van der Waals surface area contributed by atoms with Gasteiger partial charge in [0.15, 0.2) is 0 Å². The molecule has 0 saturated carbocycles. The van der Waals surface area contributed by atoms with Crippen LogP contribution in [-0.4, -0.2) is 22.1 Å². The lowest BCUT2D eigenvalue weighted by Gasteiger charge is -2.07. The van der Waals surface area contributed by atoms with Crippen molar-refractivity contribution >= 4 is 16.9 Å². The third-order valence-electron chi connectivity index (χ3n) is 3.36. The Labute approximate surface area is 118 Å². The van der Waals surface area contributed by atoms with Crippen LogP contribution in [0.3, 0.4) is 0 Å². The molecule has 0 aliphatic rings. The number of hydrogen-bond donors (Lipinski definition) is 3. The minimum atomic E-state index is -0.969. The van der Waals surface area contributed by atoms with Crippen molar-refractivity contribution in [3.8, 4) is 0 Å². The van der Waals surface area contributed by atoms with Crippen molar-refractivity contribution in [2.24, 2.45) is 5.73 Å². The fourth-order valence-electron chi connectivity index (χ4n) is 2.28. The topological polar surface area (TPSA) is 79.1 Å². The number of hydrogen-bond acceptors (Lipinski definition) is 2. The summed E-state index contributed by atoms with van der Waals surface area (Å²) in [5, 5.41) is 10.1. The van der Waals surface area contributed by atoms with E-state index in [4.69, 9.17) is 10.8 Å². The van der Waals surface area contributed by atoms with E-state index < -0.39 is 12.0 Å². The quantitative estimate of drug-likeness (QED) is 0.732. The standard InChI is InChI=1S/C16H20N2O2/c1-10(2)7-8-15-12(9-13(17)16(19)20)11-5-3-4-6-14(11)18-15/h3-7,13,18H,8-9,17H2,1-2H3,(H,19,20)/t13-/m0/s1. The van der Waals surface area contributed by atoms with Crippen LogP contribution in [0.2, 0.25) is 0 Å². The van der Waals surface area contributed by atoms with Crippen LogP contribution < -0.4 is 5.73 Å². The van der Waals surface area contributed by atoms with Gasteiger partial charge >= 0.3 is 5.97 Å². The van der Waals surface area contributed by atoms with E-state index in [0.717, 1.165) is 28.6 Å². The fourth-order valence-corrected chi connectivity index (χ4v) is 2.28. The van der Waals surface area contributed by atoms with Crippen LogP contribution in [0.25, 0.3) is 10.9 Å². The van der Waals surface area contributed by atoms with E-state index in [-0.39, 0.29) is 0 Å². The second-order valence-corrected chi connectivity index (χ2v) is 5.26. The Bertz CT molecular complexity index is 652. The van der Waals surface area contributed by atoms with Gasteiger partial charge in [0, 0.05) is 29.4 Å². The molecule has 0 spiro atoms. The SMILES string of the molecule is CC(C)=CCc1[nH]c2ccccc2c1C[C@H](N)C(=O)O. The lowest BCUT2D eigenvalue weighted by Crippen LogP contribution is -2.32. The predicted molar refractivity (Wildman–Crippen MR) is 80.7 cm³/mol. The van der Waals surface area contributed by atoms with Gasteiger partial charge < -0.3 is 15.8 Å². The summed E-state index contributed by atoms with van der Waals surface area (Å²) >= 11 is 0. The van der Waals surface area contributed by atoms with Crippen molar-refractivity contribution in [1.29, 1.82) is 0 Å². The predicted octanol–water partition coefficient (Wildman–Crippen LogP) is 2.63. The fraction of sp³-hybridized carbons (Fsp3) is 0.312. The van der Waals surface area contributed by atoms with Crippen LogP contribution in [-0.2, 0) is 17.6 Å². The van der Waals surface area contributed by atoms with Gasteiger partial charge in [-0.1, -0.05) is 29.8 Å². The molecule has 0 bridgehead atoms. The summed E-state index contributed by atoms with van der Waals surface area (Å²) in [5.74, 6) is -0.969. The molecule has 0 unspecified atom stereocenters. The van der Waals surface area contributed by atoms with Gasteiger partial charge in [-0.2, -0.15) is 0 Å². The number of aromatic amines is 1. The summed E-state index contributed by atoms with van der Waals surface area (Å²) in [6.45, 7) is 4.09. The number of aliphatic carboxylic acids is 1. The molecule has 0 fully saturated rings. The summed E-state index contributed by atoms with van der Waals surface area (Å²) in [4.78, 5) is 14.4. The average Bonchev–Trinajstić information content (AvgIpc) is 2.74. The molecule has 0 aliphatic heterocycles. The first-order valence-electron chi connectivity index (χ1n) is 6.69. The molecule has 4 heteroatoms. The first-order valence-corrected chi connectivity index (χ1v) is 6.69. The van der Waals surface area contributed by atoms with Crippen LogP contribution in [0.15, 0.2) is 35.9 Å². The molecule has 2 rings (SSSR count). The van der Waals surface area contributed by atoms with Gasteiger partial charge in [0.25, 0.3) is 0 Å². The Morgan fingerprint density at radius 3 is 2.75 bits per heavy atom. The van der Waals surface area contributed by atoms with Gasteiger partial charge in [0.1, 0.15) is 6.04 Å². The number of fused-ring (bicyclic) bond motifs is 1. The highest BCUT2D eigenvalue weighted by atomic mass is 16.4. The summed E-state index contributed by atoms with van der Waals surface area (Å²) in [6, 6.07) is 7.04. The van der Waals surface area contributed by atoms with Crippen molar-refractivity contribution in [3.05, 3.63) is 47.2 Å². The smallest absolute Gasteiger partial charge is 0.320 e. The first kappa shape index (κ1) is 14.3. The monoisotopic (exact) mass is 272 g/mol. The molecule has 2 aromatic rings. The van der Waals surface area contributed by atoms with Gasteiger partial charge in [-0.3, -0.25) is 4.79 Å². The highest BCUT2D eigenvalue weighted by Crippen LogP contribution is 2.24.